The van der Waals surface area contributed by atoms with E-state index in [1.165, 1.54) is 6.92 Å². The van der Waals surface area contributed by atoms with Crippen LogP contribution in [-0.2, 0) is 47.5 Å². The van der Waals surface area contributed by atoms with Crippen molar-refractivity contribution in [3.63, 3.8) is 0 Å². The van der Waals surface area contributed by atoms with Crippen molar-refractivity contribution in [1.82, 2.24) is 4.90 Å². The molecule has 0 aromatic heterocycles. The maximum Gasteiger partial charge on any atom is 0.311 e. The fraction of sp³-hybridized carbons (Fsp3) is 0.925. The van der Waals surface area contributed by atoms with Crippen LogP contribution >= 0.6 is 0 Å². The molecular weight excluding hydrogens is 716 g/mol. The van der Waals surface area contributed by atoms with E-state index in [0.29, 0.717) is 12.8 Å². The SMILES string of the molecule is CCC1OC(=O)C(C)C(OC2CC(C)(OC)C(OC)C(C)O2)C(C)C(OC2OC(C)CC(N(C)C)C2OC)C(C)(O)CC(C)C(=NC=O)C(C)C(O)C1(C)O. The van der Waals surface area contributed by atoms with Gasteiger partial charge in [-0.3, -0.25) is 9.59 Å². The van der Waals surface area contributed by atoms with Gasteiger partial charge in [0.15, 0.2) is 12.6 Å². The summed E-state index contributed by atoms with van der Waals surface area (Å²) in [6, 6.07) is -0.0811. The number of rotatable bonds is 10. The number of carbonyl (C=O) groups excluding carboxylic acids is 2. The lowest BCUT2D eigenvalue weighted by Crippen LogP contribution is -2.61. The third-order valence-corrected chi connectivity index (χ3v) is 12.5. The largest absolute Gasteiger partial charge is 0.459 e. The number of ether oxygens (including phenoxy) is 8. The fourth-order valence-electron chi connectivity index (χ4n) is 9.40. The Morgan fingerprint density at radius 3 is 2.07 bits per heavy atom. The average Bonchev–Trinajstić information content (AvgIpc) is 3.11. The molecule has 0 aromatic carbocycles. The standard InChI is InChI=1S/C40H72N2O13/c1-16-28-40(10,47)33(44)23(4)30(41-20-43)21(2)18-38(8,46)34(55-37-32(48-13)27(42(11)12)17-22(3)51-37)24(5)31(25(6)36(45)53-28)54-29-19-39(9,50-15)35(49-14)26(7)52-29/h20-29,31-35,37,44,46-47H,16-19H2,1-15H3. The highest BCUT2D eigenvalue weighted by Crippen LogP contribution is 2.41. The fourth-order valence-corrected chi connectivity index (χ4v) is 9.40. The molecule has 0 spiro atoms. The zero-order valence-corrected chi connectivity index (χ0v) is 35.9. The molecule has 3 aliphatic heterocycles. The van der Waals surface area contributed by atoms with Crippen LogP contribution < -0.4 is 0 Å². The van der Waals surface area contributed by atoms with Gasteiger partial charge in [0.25, 0.3) is 0 Å². The van der Waals surface area contributed by atoms with E-state index in [1.807, 2.05) is 41.8 Å². The normalized spacial score (nSPS) is 47.7. The molecule has 3 heterocycles. The van der Waals surface area contributed by atoms with Crippen molar-refractivity contribution in [2.45, 2.75) is 179 Å². The summed E-state index contributed by atoms with van der Waals surface area (Å²) >= 11 is 0. The summed E-state index contributed by atoms with van der Waals surface area (Å²) in [5.41, 5.74) is -4.20. The molecule has 3 fully saturated rings. The minimum absolute atomic E-state index is 0.00188. The maximum atomic E-state index is 14.3. The number of nitrogens with zero attached hydrogens (tertiary/aromatic N) is 2. The lowest BCUT2D eigenvalue weighted by molar-refractivity contribution is -0.320. The quantitative estimate of drug-likeness (QED) is 0.217. The number of likely N-dealkylation sites (N-methyl/N-ethyl adjacent to an activating group) is 1. The van der Waals surface area contributed by atoms with Crippen LogP contribution in [0.2, 0.25) is 0 Å². The summed E-state index contributed by atoms with van der Waals surface area (Å²) in [4.78, 5) is 32.4. The average molecular weight is 789 g/mol. The molecule has 3 saturated heterocycles. The van der Waals surface area contributed by atoms with Crippen molar-refractivity contribution in [2.24, 2.45) is 28.7 Å². The van der Waals surface area contributed by atoms with Gasteiger partial charge in [-0.2, -0.15) is 0 Å². The number of esters is 1. The predicted octanol–water partition coefficient (Wildman–Crippen LogP) is 3.12. The van der Waals surface area contributed by atoms with E-state index in [4.69, 9.17) is 37.9 Å². The van der Waals surface area contributed by atoms with Crippen LogP contribution in [-0.4, -0.2) is 158 Å². The summed E-state index contributed by atoms with van der Waals surface area (Å²) in [5, 5.41) is 36.2. The molecule has 18 unspecified atom stereocenters. The first kappa shape index (κ1) is 47.7. The molecule has 0 radical (unpaired) electrons. The number of aliphatic hydroxyl groups excluding tert-OH is 1. The van der Waals surface area contributed by atoms with Crippen LogP contribution in [0.25, 0.3) is 0 Å². The highest BCUT2D eigenvalue weighted by atomic mass is 16.7. The molecule has 55 heavy (non-hydrogen) atoms. The molecule has 3 N–H and O–H groups in total. The van der Waals surface area contributed by atoms with E-state index in [1.54, 1.807) is 55.9 Å². The number of amides is 1. The number of hydrogen-bond donors (Lipinski definition) is 3. The van der Waals surface area contributed by atoms with Gasteiger partial charge in [-0.05, 0) is 80.8 Å². The Morgan fingerprint density at radius 1 is 0.909 bits per heavy atom. The molecule has 18 atom stereocenters. The summed E-state index contributed by atoms with van der Waals surface area (Å²) < 4.78 is 50.3. The van der Waals surface area contributed by atoms with Crippen LogP contribution in [0.4, 0.5) is 0 Å². The molecule has 320 valence electrons. The minimum Gasteiger partial charge on any atom is -0.459 e. The Bertz CT molecular complexity index is 1280. The first-order valence-corrected chi connectivity index (χ1v) is 19.8. The number of hydrogen-bond acceptors (Lipinski definition) is 14. The number of methoxy groups -OCH3 is 3. The molecule has 3 rings (SSSR count). The molecular formula is C40H72N2O13. The van der Waals surface area contributed by atoms with Gasteiger partial charge in [0.2, 0.25) is 6.41 Å². The molecule has 0 aromatic rings. The van der Waals surface area contributed by atoms with E-state index in [2.05, 4.69) is 9.89 Å². The number of aliphatic hydroxyl groups is 3. The van der Waals surface area contributed by atoms with Crippen LogP contribution in [0.15, 0.2) is 4.99 Å². The zero-order chi connectivity index (χ0) is 41.8. The van der Waals surface area contributed by atoms with Crippen LogP contribution in [0.3, 0.4) is 0 Å². The van der Waals surface area contributed by atoms with Crippen molar-refractivity contribution in [1.29, 1.82) is 0 Å². The molecule has 0 bridgehead atoms. The van der Waals surface area contributed by atoms with Crippen LogP contribution in [0, 0.1) is 23.7 Å². The van der Waals surface area contributed by atoms with E-state index >= 15 is 0 Å². The van der Waals surface area contributed by atoms with Crippen molar-refractivity contribution in [3.05, 3.63) is 0 Å². The highest BCUT2D eigenvalue weighted by molar-refractivity contribution is 5.93. The van der Waals surface area contributed by atoms with Gasteiger partial charge >= 0.3 is 5.97 Å². The molecule has 0 saturated carbocycles. The van der Waals surface area contributed by atoms with Gasteiger partial charge < -0.3 is 58.1 Å². The Balaban J connectivity index is 2.26. The Hall–Kier alpha value is -1.63. The van der Waals surface area contributed by atoms with Crippen LogP contribution in [0.5, 0.6) is 0 Å². The van der Waals surface area contributed by atoms with Crippen molar-refractivity contribution < 1.29 is 62.8 Å². The second-order valence-electron chi connectivity index (χ2n) is 17.2. The number of aliphatic imine (C=N–C) groups is 1. The zero-order valence-electron chi connectivity index (χ0n) is 35.9. The number of cyclic esters (lactones) is 1. The predicted molar refractivity (Wildman–Crippen MR) is 204 cm³/mol. The van der Waals surface area contributed by atoms with Gasteiger partial charge in [0, 0.05) is 51.3 Å². The van der Waals surface area contributed by atoms with Gasteiger partial charge in [-0.1, -0.05) is 27.7 Å². The second kappa shape index (κ2) is 19.4. The van der Waals surface area contributed by atoms with Gasteiger partial charge in [-0.15, -0.1) is 0 Å². The molecule has 3 aliphatic rings. The minimum atomic E-state index is -1.95. The lowest BCUT2D eigenvalue weighted by atomic mass is 9.73. The lowest BCUT2D eigenvalue weighted by Gasteiger charge is -2.50. The topological polar surface area (TPSA) is 184 Å². The first-order chi connectivity index (χ1) is 25.5. The van der Waals surface area contributed by atoms with Gasteiger partial charge in [-0.25, -0.2) is 4.99 Å². The Kier molecular flexibility index (Phi) is 16.9. The van der Waals surface area contributed by atoms with Crippen molar-refractivity contribution in [2.75, 3.05) is 35.4 Å². The summed E-state index contributed by atoms with van der Waals surface area (Å²) in [7, 11) is 8.70. The van der Waals surface area contributed by atoms with Gasteiger partial charge in [0.1, 0.15) is 23.9 Å². The Morgan fingerprint density at radius 2 is 1.55 bits per heavy atom. The third kappa shape index (κ3) is 10.5. The first-order valence-electron chi connectivity index (χ1n) is 19.8. The monoisotopic (exact) mass is 789 g/mol. The smallest absolute Gasteiger partial charge is 0.311 e. The van der Waals surface area contributed by atoms with E-state index in [-0.39, 0.29) is 37.1 Å². The summed E-state index contributed by atoms with van der Waals surface area (Å²) in [6.45, 7) is 17.4. The van der Waals surface area contributed by atoms with Crippen LogP contribution in [0.1, 0.15) is 94.9 Å². The highest BCUT2D eigenvalue weighted by Gasteiger charge is 2.53. The van der Waals surface area contributed by atoms with E-state index < -0.39 is 102 Å². The van der Waals surface area contributed by atoms with Crippen molar-refractivity contribution >= 4 is 18.1 Å². The number of carbonyl (C=O) groups is 2. The van der Waals surface area contributed by atoms with E-state index in [0.717, 1.165) is 0 Å². The molecule has 15 nitrogen and oxygen atoms in total. The third-order valence-electron chi connectivity index (χ3n) is 12.5. The van der Waals surface area contributed by atoms with Crippen molar-refractivity contribution in [3.8, 4) is 0 Å². The summed E-state index contributed by atoms with van der Waals surface area (Å²) in [6.07, 6.45) is -6.72. The molecule has 1 amide bonds. The Labute approximate surface area is 328 Å². The molecule has 15 heteroatoms. The van der Waals surface area contributed by atoms with Gasteiger partial charge in [0.05, 0.1) is 47.6 Å². The summed E-state index contributed by atoms with van der Waals surface area (Å²) in [5.74, 6) is -3.93. The maximum absolute atomic E-state index is 14.3. The van der Waals surface area contributed by atoms with E-state index in [9.17, 15) is 24.9 Å². The molecule has 0 aliphatic carbocycles. The second-order valence-corrected chi connectivity index (χ2v) is 17.2.